The molecule has 0 bridgehead atoms. The summed E-state index contributed by atoms with van der Waals surface area (Å²) in [7, 11) is 1.61. The summed E-state index contributed by atoms with van der Waals surface area (Å²) >= 11 is 0. The second-order valence-corrected chi connectivity index (χ2v) is 6.09. The van der Waals surface area contributed by atoms with Gasteiger partial charge in [0.05, 0.1) is 30.9 Å². The Morgan fingerprint density at radius 2 is 2.04 bits per heavy atom. The van der Waals surface area contributed by atoms with Gasteiger partial charge in [0.15, 0.2) is 0 Å². The molecule has 0 saturated carbocycles. The molecule has 9 heteroatoms. The van der Waals surface area contributed by atoms with Crippen LogP contribution in [-0.2, 0) is 4.74 Å². The molecule has 0 unspecified atom stereocenters. The molecule has 26 heavy (non-hydrogen) atoms. The number of aromatic nitrogens is 4. The maximum absolute atomic E-state index is 13.1. The maximum Gasteiger partial charge on any atom is 0.282 e. The summed E-state index contributed by atoms with van der Waals surface area (Å²) in [4.78, 5) is 9.85. The lowest BCUT2D eigenvalue weighted by molar-refractivity contribution is -0.0267. The van der Waals surface area contributed by atoms with Crippen molar-refractivity contribution < 1.29 is 18.3 Å². The molecule has 2 aromatic heterocycles. The zero-order chi connectivity index (χ0) is 18.1. The Kier molecular flexibility index (Phi) is 4.15. The molecule has 4 rings (SSSR count). The molecular weight excluding hydrogens is 344 g/mol. The number of aromatic amines is 1. The summed E-state index contributed by atoms with van der Waals surface area (Å²) < 4.78 is 36.8. The van der Waals surface area contributed by atoms with Crippen LogP contribution in [0.5, 0.6) is 5.75 Å². The number of halogens is 2. The molecule has 0 spiro atoms. The van der Waals surface area contributed by atoms with Crippen molar-refractivity contribution in [3.8, 4) is 17.1 Å². The summed E-state index contributed by atoms with van der Waals surface area (Å²) in [6.45, 7) is 0.270. The van der Waals surface area contributed by atoms with Crippen LogP contribution in [0.4, 0.5) is 14.6 Å². The van der Waals surface area contributed by atoms with Crippen molar-refractivity contribution in [3.63, 3.8) is 0 Å². The molecule has 3 heterocycles. The minimum atomic E-state index is -2.65. The summed E-state index contributed by atoms with van der Waals surface area (Å²) in [6.07, 6.45) is 1.36. The molecule has 7 nitrogen and oxygen atoms in total. The van der Waals surface area contributed by atoms with Crippen molar-refractivity contribution in [2.45, 2.75) is 5.92 Å². The van der Waals surface area contributed by atoms with Crippen molar-refractivity contribution >= 4 is 16.7 Å². The van der Waals surface area contributed by atoms with Crippen LogP contribution in [-0.4, -0.2) is 59.5 Å². The van der Waals surface area contributed by atoms with Gasteiger partial charge in [-0.05, 0) is 18.2 Å². The zero-order valence-electron chi connectivity index (χ0n) is 14.1. The van der Waals surface area contributed by atoms with E-state index in [1.807, 2.05) is 18.2 Å². The van der Waals surface area contributed by atoms with E-state index in [0.717, 1.165) is 10.9 Å². The van der Waals surface area contributed by atoms with Crippen molar-refractivity contribution in [1.29, 1.82) is 0 Å². The molecule has 3 aromatic rings. The maximum atomic E-state index is 13.1. The Labute approximate surface area is 148 Å². The number of rotatable bonds is 6. The molecule has 1 N–H and O–H groups in total. The van der Waals surface area contributed by atoms with E-state index in [0.29, 0.717) is 36.2 Å². The number of hydrogen-bond donors (Lipinski definition) is 1. The largest absolute Gasteiger partial charge is 0.491 e. The van der Waals surface area contributed by atoms with Crippen LogP contribution >= 0.6 is 0 Å². The van der Waals surface area contributed by atoms with Crippen molar-refractivity contribution in [2.75, 3.05) is 38.3 Å². The van der Waals surface area contributed by atoms with Crippen LogP contribution in [0.1, 0.15) is 0 Å². The van der Waals surface area contributed by atoms with Crippen molar-refractivity contribution in [1.82, 2.24) is 20.2 Å². The third kappa shape index (κ3) is 3.17. The minimum Gasteiger partial charge on any atom is -0.491 e. The van der Waals surface area contributed by atoms with Gasteiger partial charge in [-0.2, -0.15) is 5.10 Å². The fourth-order valence-corrected chi connectivity index (χ4v) is 2.84. The lowest BCUT2D eigenvalue weighted by atomic mass is 10.1. The molecule has 0 amide bonds. The molecule has 136 valence electrons. The van der Waals surface area contributed by atoms with Crippen LogP contribution in [0, 0.1) is 0 Å². The predicted octanol–water partition coefficient (Wildman–Crippen LogP) is 2.50. The van der Waals surface area contributed by atoms with Crippen LogP contribution in [0.25, 0.3) is 22.3 Å². The number of nitrogens with zero attached hydrogens (tertiary/aromatic N) is 4. The molecule has 1 aromatic carbocycles. The highest BCUT2D eigenvalue weighted by Gasteiger charge is 2.44. The first kappa shape index (κ1) is 16.6. The standard InChI is InChI=1S/C17H17F2N5O2/c1-25-4-5-26-11-2-3-13-12(6-11)16(23-22-13)14-7-15(21-10-20-14)24-8-17(18,19)9-24/h2-3,6-7,10H,4-5,8-9H2,1H3,(H,22,23). The van der Waals surface area contributed by atoms with E-state index < -0.39 is 5.92 Å². The quantitative estimate of drug-likeness (QED) is 0.680. The number of ether oxygens (including phenoxy) is 2. The van der Waals surface area contributed by atoms with Gasteiger partial charge in [0, 0.05) is 18.6 Å². The molecule has 1 aliphatic rings. The number of methoxy groups -OCH3 is 1. The average Bonchev–Trinajstić information content (AvgIpc) is 3.03. The summed E-state index contributed by atoms with van der Waals surface area (Å²) in [6, 6.07) is 7.24. The van der Waals surface area contributed by atoms with Crippen LogP contribution in [0.3, 0.4) is 0 Å². The van der Waals surface area contributed by atoms with E-state index in [2.05, 4.69) is 20.2 Å². The predicted molar refractivity (Wildman–Crippen MR) is 91.7 cm³/mol. The van der Waals surface area contributed by atoms with E-state index in [-0.39, 0.29) is 13.1 Å². The van der Waals surface area contributed by atoms with Gasteiger partial charge in [-0.15, -0.1) is 0 Å². The molecule has 1 fully saturated rings. The first-order valence-corrected chi connectivity index (χ1v) is 8.11. The average molecular weight is 361 g/mol. The molecule has 1 aliphatic heterocycles. The SMILES string of the molecule is COCCOc1ccc2[nH]nc(-c3cc(N4CC(F)(F)C4)ncn3)c2c1. The third-order valence-corrected chi connectivity index (χ3v) is 4.15. The van der Waals surface area contributed by atoms with E-state index in [9.17, 15) is 8.78 Å². The Balaban J connectivity index is 1.63. The van der Waals surface area contributed by atoms with Gasteiger partial charge >= 0.3 is 0 Å². The molecule has 0 radical (unpaired) electrons. The lowest BCUT2D eigenvalue weighted by Crippen LogP contribution is -2.56. The number of anilines is 1. The smallest absolute Gasteiger partial charge is 0.282 e. The number of alkyl halides is 2. The van der Waals surface area contributed by atoms with E-state index in [1.165, 1.54) is 11.2 Å². The van der Waals surface area contributed by atoms with Gasteiger partial charge < -0.3 is 14.4 Å². The van der Waals surface area contributed by atoms with Crippen molar-refractivity contribution in [2.24, 2.45) is 0 Å². The van der Waals surface area contributed by atoms with E-state index in [4.69, 9.17) is 9.47 Å². The molecule has 0 atom stereocenters. The second kappa shape index (κ2) is 6.49. The van der Waals surface area contributed by atoms with Crippen LogP contribution in [0.2, 0.25) is 0 Å². The van der Waals surface area contributed by atoms with Gasteiger partial charge in [-0.25, -0.2) is 18.7 Å². The van der Waals surface area contributed by atoms with Gasteiger partial charge in [-0.3, -0.25) is 5.10 Å². The number of hydrogen-bond acceptors (Lipinski definition) is 6. The highest BCUT2D eigenvalue weighted by atomic mass is 19.3. The van der Waals surface area contributed by atoms with Gasteiger partial charge in [0.1, 0.15) is 30.2 Å². The summed E-state index contributed by atoms with van der Waals surface area (Å²) in [5.74, 6) is -1.50. The first-order chi connectivity index (χ1) is 12.6. The van der Waals surface area contributed by atoms with Crippen LogP contribution < -0.4 is 9.64 Å². The monoisotopic (exact) mass is 361 g/mol. The molecular formula is C17H17F2N5O2. The fraction of sp³-hybridized carbons (Fsp3) is 0.353. The van der Waals surface area contributed by atoms with Crippen LogP contribution in [0.15, 0.2) is 30.6 Å². The Morgan fingerprint density at radius 3 is 2.81 bits per heavy atom. The second-order valence-electron chi connectivity index (χ2n) is 6.09. The third-order valence-electron chi connectivity index (χ3n) is 4.15. The molecule has 1 saturated heterocycles. The fourth-order valence-electron chi connectivity index (χ4n) is 2.84. The van der Waals surface area contributed by atoms with Gasteiger partial charge in [0.2, 0.25) is 0 Å². The highest BCUT2D eigenvalue weighted by Crippen LogP contribution is 2.33. The van der Waals surface area contributed by atoms with E-state index >= 15 is 0 Å². The Bertz CT molecular complexity index is 922. The topological polar surface area (TPSA) is 76.2 Å². The Morgan fingerprint density at radius 1 is 1.19 bits per heavy atom. The lowest BCUT2D eigenvalue weighted by Gasteiger charge is -2.39. The van der Waals surface area contributed by atoms with E-state index in [1.54, 1.807) is 13.2 Å². The zero-order valence-corrected chi connectivity index (χ0v) is 14.1. The molecule has 0 aliphatic carbocycles. The number of fused-ring (bicyclic) bond motifs is 1. The van der Waals surface area contributed by atoms with Crippen molar-refractivity contribution in [3.05, 3.63) is 30.6 Å². The number of benzene rings is 1. The Hall–Kier alpha value is -2.81. The highest BCUT2D eigenvalue weighted by molar-refractivity contribution is 5.93. The summed E-state index contributed by atoms with van der Waals surface area (Å²) in [5, 5.41) is 8.09. The number of H-pyrrole nitrogens is 1. The number of nitrogens with one attached hydrogen (secondary N) is 1. The summed E-state index contributed by atoms with van der Waals surface area (Å²) in [5.41, 5.74) is 2.01. The normalized spacial score (nSPS) is 15.9. The van der Waals surface area contributed by atoms with Gasteiger partial charge in [0.25, 0.3) is 5.92 Å². The van der Waals surface area contributed by atoms with Gasteiger partial charge in [-0.1, -0.05) is 0 Å². The minimum absolute atomic E-state index is 0.331. The first-order valence-electron chi connectivity index (χ1n) is 8.11.